The molecule has 5 heteroatoms. The normalized spacial score (nSPS) is 24.1. The summed E-state index contributed by atoms with van der Waals surface area (Å²) in [4.78, 5) is 2.18. The number of hydrogen-bond donors (Lipinski definition) is 1. The second kappa shape index (κ2) is 6.99. The first-order valence-corrected chi connectivity index (χ1v) is 7.01. The van der Waals surface area contributed by atoms with Gasteiger partial charge in [0.2, 0.25) is 0 Å². The van der Waals surface area contributed by atoms with Gasteiger partial charge < -0.3 is 9.84 Å². The Morgan fingerprint density at radius 2 is 2.10 bits per heavy atom. The quantitative estimate of drug-likeness (QED) is 0.902. The summed E-state index contributed by atoms with van der Waals surface area (Å²) in [5.41, 5.74) is 0.736. The number of halogens is 2. The lowest BCUT2D eigenvalue weighted by Gasteiger charge is -2.40. The molecule has 1 aliphatic rings. The van der Waals surface area contributed by atoms with Gasteiger partial charge in [-0.25, -0.2) is 0 Å². The molecular formula is C15H21F2NO2. The van der Waals surface area contributed by atoms with Crippen LogP contribution in [0.2, 0.25) is 0 Å². The summed E-state index contributed by atoms with van der Waals surface area (Å²) in [7, 11) is 0. The van der Waals surface area contributed by atoms with E-state index < -0.39 is 6.61 Å². The zero-order valence-corrected chi connectivity index (χ0v) is 11.6. The number of aliphatic hydroxyl groups excluding tert-OH is 1. The summed E-state index contributed by atoms with van der Waals surface area (Å²) >= 11 is 0. The molecule has 1 aliphatic heterocycles. The summed E-state index contributed by atoms with van der Waals surface area (Å²) in [6.45, 7) is -0.0841. The van der Waals surface area contributed by atoms with Crippen LogP contribution < -0.4 is 4.74 Å². The highest BCUT2D eigenvalue weighted by molar-refractivity contribution is 5.33. The van der Waals surface area contributed by atoms with E-state index in [1.54, 1.807) is 18.2 Å². The second-order valence-corrected chi connectivity index (χ2v) is 5.27. The molecule has 0 aromatic heterocycles. The average molecular weight is 285 g/mol. The van der Waals surface area contributed by atoms with Crippen LogP contribution in [0, 0.1) is 0 Å². The summed E-state index contributed by atoms with van der Waals surface area (Å²) < 4.78 is 29.4. The molecule has 1 N–H and O–H groups in total. The number of piperidine rings is 1. The van der Waals surface area contributed by atoms with Crippen molar-refractivity contribution in [1.82, 2.24) is 4.90 Å². The van der Waals surface area contributed by atoms with E-state index in [0.29, 0.717) is 12.6 Å². The number of rotatable bonds is 5. The molecule has 3 nitrogen and oxygen atoms in total. The van der Waals surface area contributed by atoms with Crippen molar-refractivity contribution in [3.8, 4) is 5.75 Å². The number of benzene rings is 1. The van der Waals surface area contributed by atoms with Crippen LogP contribution in [0.5, 0.6) is 5.75 Å². The summed E-state index contributed by atoms with van der Waals surface area (Å²) in [6, 6.07) is 7.29. The smallest absolute Gasteiger partial charge is 0.387 e. The molecule has 0 aliphatic carbocycles. The van der Waals surface area contributed by atoms with Crippen molar-refractivity contribution in [2.75, 3.05) is 6.61 Å². The first-order chi connectivity index (χ1) is 9.61. The molecule has 20 heavy (non-hydrogen) atoms. The lowest BCUT2D eigenvalue weighted by atomic mass is 9.96. The molecule has 0 bridgehead atoms. The predicted molar refractivity (Wildman–Crippen MR) is 72.8 cm³/mol. The number of alkyl halides is 2. The highest BCUT2D eigenvalue weighted by Crippen LogP contribution is 2.28. The highest BCUT2D eigenvalue weighted by atomic mass is 19.3. The number of para-hydroxylation sites is 1. The fourth-order valence-electron chi connectivity index (χ4n) is 2.86. The van der Waals surface area contributed by atoms with Gasteiger partial charge in [-0.05, 0) is 25.8 Å². The Balaban J connectivity index is 2.15. The number of nitrogens with zero attached hydrogens (tertiary/aromatic N) is 1. The molecule has 2 unspecified atom stereocenters. The molecule has 1 aromatic carbocycles. The van der Waals surface area contributed by atoms with Gasteiger partial charge in [-0.1, -0.05) is 24.6 Å². The first-order valence-electron chi connectivity index (χ1n) is 7.01. The third kappa shape index (κ3) is 3.67. The topological polar surface area (TPSA) is 32.7 Å². The summed E-state index contributed by atoms with van der Waals surface area (Å²) in [5.74, 6) is 0.219. The molecular weight excluding hydrogens is 264 g/mol. The molecule has 1 heterocycles. The van der Waals surface area contributed by atoms with Crippen LogP contribution in [-0.2, 0) is 6.54 Å². The van der Waals surface area contributed by atoms with E-state index in [1.807, 2.05) is 6.07 Å². The van der Waals surface area contributed by atoms with Gasteiger partial charge in [0, 0.05) is 24.2 Å². The van der Waals surface area contributed by atoms with Gasteiger partial charge in [-0.3, -0.25) is 4.90 Å². The Morgan fingerprint density at radius 3 is 2.80 bits per heavy atom. The lowest BCUT2D eigenvalue weighted by Crippen LogP contribution is -2.46. The van der Waals surface area contributed by atoms with Crippen LogP contribution in [0.15, 0.2) is 24.3 Å². The lowest BCUT2D eigenvalue weighted by molar-refractivity contribution is -0.0513. The maximum atomic E-state index is 12.4. The van der Waals surface area contributed by atoms with E-state index >= 15 is 0 Å². The van der Waals surface area contributed by atoms with Crippen LogP contribution in [0.1, 0.15) is 31.7 Å². The van der Waals surface area contributed by atoms with Crippen molar-refractivity contribution >= 4 is 0 Å². The zero-order valence-electron chi connectivity index (χ0n) is 11.6. The summed E-state index contributed by atoms with van der Waals surface area (Å²) in [6.07, 6.45) is 3.10. The average Bonchev–Trinajstić information content (AvgIpc) is 2.42. The molecule has 112 valence electrons. The molecule has 1 aromatic rings. The Morgan fingerprint density at radius 1 is 1.35 bits per heavy atom. The molecule has 1 saturated heterocycles. The Labute approximate surface area is 118 Å². The number of aliphatic hydroxyl groups is 1. The van der Waals surface area contributed by atoms with Gasteiger partial charge in [0.15, 0.2) is 0 Å². The first kappa shape index (κ1) is 15.2. The van der Waals surface area contributed by atoms with Crippen molar-refractivity contribution in [3.05, 3.63) is 29.8 Å². The van der Waals surface area contributed by atoms with Gasteiger partial charge in [-0.15, -0.1) is 0 Å². The molecule has 0 spiro atoms. The molecule has 0 radical (unpaired) electrons. The largest absolute Gasteiger partial charge is 0.434 e. The van der Waals surface area contributed by atoms with Gasteiger partial charge >= 0.3 is 6.61 Å². The number of ether oxygens (including phenoxy) is 1. The monoisotopic (exact) mass is 285 g/mol. The van der Waals surface area contributed by atoms with Crippen LogP contribution in [0.25, 0.3) is 0 Å². The van der Waals surface area contributed by atoms with E-state index in [-0.39, 0.29) is 18.4 Å². The third-order valence-corrected chi connectivity index (χ3v) is 3.95. The van der Waals surface area contributed by atoms with E-state index in [1.165, 1.54) is 0 Å². The maximum absolute atomic E-state index is 12.4. The Kier molecular flexibility index (Phi) is 5.31. The minimum atomic E-state index is -2.82. The fraction of sp³-hybridized carbons (Fsp3) is 0.600. The maximum Gasteiger partial charge on any atom is 0.387 e. The molecule has 1 fully saturated rings. The molecule has 0 amide bonds. The summed E-state index contributed by atoms with van der Waals surface area (Å²) in [5, 5.41) is 9.48. The van der Waals surface area contributed by atoms with E-state index in [0.717, 1.165) is 24.8 Å². The van der Waals surface area contributed by atoms with Crippen molar-refractivity contribution in [2.24, 2.45) is 0 Å². The molecule has 2 atom stereocenters. The van der Waals surface area contributed by atoms with Crippen molar-refractivity contribution in [2.45, 2.75) is 51.4 Å². The zero-order chi connectivity index (χ0) is 14.5. The third-order valence-electron chi connectivity index (χ3n) is 3.95. The molecule has 2 rings (SSSR count). The Bertz CT molecular complexity index is 428. The van der Waals surface area contributed by atoms with E-state index in [4.69, 9.17) is 0 Å². The minimum Gasteiger partial charge on any atom is -0.434 e. The van der Waals surface area contributed by atoms with Crippen LogP contribution >= 0.6 is 0 Å². The minimum absolute atomic E-state index is 0.0957. The second-order valence-electron chi connectivity index (χ2n) is 5.27. The highest BCUT2D eigenvalue weighted by Gasteiger charge is 2.28. The van der Waals surface area contributed by atoms with Gasteiger partial charge in [-0.2, -0.15) is 8.78 Å². The van der Waals surface area contributed by atoms with Gasteiger partial charge in [0.25, 0.3) is 0 Å². The Hall–Kier alpha value is -1.20. The number of hydrogen-bond acceptors (Lipinski definition) is 3. The van der Waals surface area contributed by atoms with E-state index in [2.05, 4.69) is 16.6 Å². The van der Waals surface area contributed by atoms with Crippen LogP contribution in [0.3, 0.4) is 0 Å². The fourth-order valence-corrected chi connectivity index (χ4v) is 2.86. The predicted octanol–water partition coefficient (Wildman–Crippen LogP) is 3.02. The van der Waals surface area contributed by atoms with Crippen molar-refractivity contribution < 1.29 is 18.6 Å². The number of likely N-dealkylation sites (tertiary alicyclic amines) is 1. The van der Waals surface area contributed by atoms with Gasteiger partial charge in [0.05, 0.1) is 6.61 Å². The van der Waals surface area contributed by atoms with Crippen molar-refractivity contribution in [3.63, 3.8) is 0 Å². The van der Waals surface area contributed by atoms with Crippen LogP contribution in [-0.4, -0.2) is 35.3 Å². The van der Waals surface area contributed by atoms with Crippen molar-refractivity contribution in [1.29, 1.82) is 0 Å². The SMILES string of the molecule is CC1CCCC(CO)N1Cc1ccccc1OC(F)F. The van der Waals surface area contributed by atoms with Crippen LogP contribution in [0.4, 0.5) is 8.78 Å². The molecule has 0 saturated carbocycles. The van der Waals surface area contributed by atoms with Gasteiger partial charge in [0.1, 0.15) is 5.75 Å². The van der Waals surface area contributed by atoms with E-state index in [9.17, 15) is 13.9 Å². The standard InChI is InChI=1S/C15H21F2NO2/c1-11-5-4-7-13(10-19)18(11)9-12-6-2-3-8-14(12)20-15(16)17/h2-3,6,8,11,13,15,19H,4-5,7,9-10H2,1H3.